The van der Waals surface area contributed by atoms with Gasteiger partial charge < -0.3 is 4.57 Å². The molecule has 0 bridgehead atoms. The van der Waals surface area contributed by atoms with Gasteiger partial charge in [-0.1, -0.05) is 127 Å². The SMILES string of the molecule is [C-]#[N+]c1ccc2c(c1)c1cc(C#N)ccc1n2-c1ccc(-c2ccccc2[Si](c2ccccc2)(c2ccccc2)c2ccccc2)cc1[N+]#[C-]. The highest BCUT2D eigenvalue weighted by molar-refractivity contribution is 7.20. The molecular formula is C45H28N4Si. The molecule has 0 spiro atoms. The smallest absolute Gasteiger partial charge is 0.211 e. The molecule has 8 aromatic rings. The monoisotopic (exact) mass is 652 g/mol. The van der Waals surface area contributed by atoms with Crippen molar-refractivity contribution in [1.29, 1.82) is 5.26 Å². The van der Waals surface area contributed by atoms with E-state index in [1.807, 2.05) is 36.4 Å². The van der Waals surface area contributed by atoms with Gasteiger partial charge in [-0.2, -0.15) is 5.26 Å². The first-order chi connectivity index (χ1) is 24.7. The predicted octanol–water partition coefficient (Wildman–Crippen LogP) is 8.80. The molecule has 1 aromatic heterocycles. The molecule has 8 rings (SSSR count). The van der Waals surface area contributed by atoms with Gasteiger partial charge in [0.15, 0.2) is 13.8 Å². The number of nitrogens with zero attached hydrogens (tertiary/aromatic N) is 4. The zero-order valence-electron chi connectivity index (χ0n) is 27.0. The van der Waals surface area contributed by atoms with E-state index in [0.717, 1.165) is 38.6 Å². The lowest BCUT2D eigenvalue weighted by Crippen LogP contribution is -2.75. The second-order valence-electron chi connectivity index (χ2n) is 12.2. The number of fused-ring (bicyclic) bond motifs is 3. The van der Waals surface area contributed by atoms with Gasteiger partial charge >= 0.3 is 0 Å². The largest absolute Gasteiger partial charge is 0.319 e. The number of hydrogen-bond acceptors (Lipinski definition) is 1. The van der Waals surface area contributed by atoms with E-state index in [2.05, 4.69) is 142 Å². The molecule has 0 saturated heterocycles. The van der Waals surface area contributed by atoms with E-state index in [1.54, 1.807) is 12.1 Å². The quantitative estimate of drug-likeness (QED) is 0.101. The average molecular weight is 653 g/mol. The van der Waals surface area contributed by atoms with Gasteiger partial charge in [0.2, 0.25) is 5.69 Å². The summed E-state index contributed by atoms with van der Waals surface area (Å²) in [7, 11) is -2.85. The lowest BCUT2D eigenvalue weighted by atomic mass is 10.0. The molecule has 0 aliphatic carbocycles. The van der Waals surface area contributed by atoms with Crippen molar-refractivity contribution in [3.8, 4) is 22.9 Å². The molecule has 0 aliphatic heterocycles. The van der Waals surface area contributed by atoms with Gasteiger partial charge in [0.05, 0.1) is 41.5 Å². The number of hydrogen-bond donors (Lipinski definition) is 0. The Morgan fingerprint density at radius 2 is 1.10 bits per heavy atom. The van der Waals surface area contributed by atoms with Crippen LogP contribution in [0.2, 0.25) is 0 Å². The lowest BCUT2D eigenvalue weighted by molar-refractivity contribution is 1.19. The maximum atomic E-state index is 9.67. The molecule has 0 unspecified atom stereocenters. The van der Waals surface area contributed by atoms with Gasteiger partial charge in [-0.05, 0) is 79.7 Å². The van der Waals surface area contributed by atoms with E-state index in [1.165, 1.54) is 20.7 Å². The predicted molar refractivity (Wildman–Crippen MR) is 207 cm³/mol. The second kappa shape index (κ2) is 12.6. The highest BCUT2D eigenvalue weighted by Crippen LogP contribution is 2.39. The van der Waals surface area contributed by atoms with Gasteiger partial charge in [-0.15, -0.1) is 0 Å². The van der Waals surface area contributed by atoms with Crippen molar-refractivity contribution in [2.75, 3.05) is 0 Å². The summed E-state index contributed by atoms with van der Waals surface area (Å²) in [4.78, 5) is 7.75. The summed E-state index contributed by atoms with van der Waals surface area (Å²) in [6.45, 7) is 16.0. The molecule has 0 saturated carbocycles. The second-order valence-corrected chi connectivity index (χ2v) is 16.0. The van der Waals surface area contributed by atoms with Crippen molar-refractivity contribution in [2.45, 2.75) is 0 Å². The van der Waals surface area contributed by atoms with Crippen molar-refractivity contribution in [1.82, 2.24) is 4.57 Å². The molecule has 0 amide bonds. The Labute approximate surface area is 292 Å². The minimum atomic E-state index is -2.85. The topological polar surface area (TPSA) is 37.4 Å². The zero-order chi connectivity index (χ0) is 34.1. The van der Waals surface area contributed by atoms with Crippen molar-refractivity contribution in [3.05, 3.63) is 198 Å². The van der Waals surface area contributed by atoms with E-state index < -0.39 is 8.07 Å². The molecular weight excluding hydrogens is 625 g/mol. The highest BCUT2D eigenvalue weighted by Gasteiger charge is 2.42. The molecule has 0 fully saturated rings. The van der Waals surface area contributed by atoms with Crippen LogP contribution in [-0.2, 0) is 0 Å². The van der Waals surface area contributed by atoms with Crippen molar-refractivity contribution >= 4 is 62.0 Å². The van der Waals surface area contributed by atoms with Gasteiger partial charge in [0.1, 0.15) is 0 Å². The van der Waals surface area contributed by atoms with E-state index in [-0.39, 0.29) is 0 Å². The molecule has 5 heteroatoms. The van der Waals surface area contributed by atoms with E-state index >= 15 is 0 Å². The Morgan fingerprint density at radius 1 is 0.540 bits per heavy atom. The lowest BCUT2D eigenvalue weighted by Gasteiger charge is -2.36. The summed E-state index contributed by atoms with van der Waals surface area (Å²) in [5.41, 5.74) is 6.16. The summed E-state index contributed by atoms with van der Waals surface area (Å²) in [6.07, 6.45) is 0. The average Bonchev–Trinajstić information content (AvgIpc) is 3.52. The van der Waals surface area contributed by atoms with E-state index in [0.29, 0.717) is 16.9 Å². The van der Waals surface area contributed by atoms with Gasteiger partial charge in [-0.3, -0.25) is 0 Å². The minimum absolute atomic E-state index is 0.515. The molecule has 1 heterocycles. The summed E-state index contributed by atoms with van der Waals surface area (Å²) in [5, 5.41) is 16.5. The molecule has 0 radical (unpaired) electrons. The van der Waals surface area contributed by atoms with Crippen LogP contribution in [0.3, 0.4) is 0 Å². The fraction of sp³-hybridized carbons (Fsp3) is 0. The zero-order valence-corrected chi connectivity index (χ0v) is 28.0. The van der Waals surface area contributed by atoms with Crippen molar-refractivity contribution in [2.24, 2.45) is 0 Å². The summed E-state index contributed by atoms with van der Waals surface area (Å²) >= 11 is 0. The number of aromatic nitrogens is 1. The van der Waals surface area contributed by atoms with E-state index in [9.17, 15) is 5.26 Å². The standard InChI is InChI=1S/C45H28N4Si/c1-47-34-24-27-43-40(30-34)39-28-32(31-46)22-25-42(39)49(43)44-26-23-33(29-41(44)48-2)38-20-12-13-21-45(38)50(35-14-6-3-7-15-35,36-16-8-4-9-17-36)37-18-10-5-11-19-37/h3-30H. The van der Waals surface area contributed by atoms with Crippen LogP contribution in [0.4, 0.5) is 11.4 Å². The Kier molecular flexibility index (Phi) is 7.63. The summed E-state index contributed by atoms with van der Waals surface area (Å²) in [6, 6.07) is 60.8. The Bertz CT molecular complexity index is 2510. The van der Waals surface area contributed by atoms with Gasteiger partial charge in [0.25, 0.3) is 0 Å². The first kappa shape index (κ1) is 30.4. The van der Waals surface area contributed by atoms with Crippen LogP contribution in [0.5, 0.6) is 0 Å². The van der Waals surface area contributed by atoms with Crippen LogP contribution >= 0.6 is 0 Å². The molecule has 4 nitrogen and oxygen atoms in total. The van der Waals surface area contributed by atoms with E-state index in [4.69, 9.17) is 13.1 Å². The molecule has 50 heavy (non-hydrogen) atoms. The number of nitriles is 1. The van der Waals surface area contributed by atoms with Gasteiger partial charge in [0, 0.05) is 5.39 Å². The first-order valence-corrected chi connectivity index (χ1v) is 18.3. The van der Waals surface area contributed by atoms with Crippen LogP contribution in [0.1, 0.15) is 5.56 Å². The third-order valence-corrected chi connectivity index (χ3v) is 14.4. The molecule has 0 atom stereocenters. The number of rotatable bonds is 6. The fourth-order valence-corrected chi connectivity index (χ4v) is 12.5. The highest BCUT2D eigenvalue weighted by atomic mass is 28.3. The normalized spacial score (nSPS) is 11.1. The molecule has 0 N–H and O–H groups in total. The molecule has 7 aromatic carbocycles. The summed E-state index contributed by atoms with van der Waals surface area (Å²) in [5.74, 6) is 0. The van der Waals surface area contributed by atoms with Crippen molar-refractivity contribution in [3.63, 3.8) is 0 Å². The molecule has 0 aliphatic rings. The fourth-order valence-electron chi connectivity index (χ4n) is 7.47. The third-order valence-electron chi connectivity index (χ3n) is 9.61. The minimum Gasteiger partial charge on any atom is -0.319 e. The Hall–Kier alpha value is -6.97. The van der Waals surface area contributed by atoms with Crippen LogP contribution in [0.25, 0.3) is 48.3 Å². The van der Waals surface area contributed by atoms with Crippen LogP contribution < -0.4 is 20.7 Å². The third kappa shape index (κ3) is 4.80. The summed E-state index contributed by atoms with van der Waals surface area (Å²) < 4.78 is 2.08. The maximum absolute atomic E-state index is 9.67. The van der Waals surface area contributed by atoms with Gasteiger partial charge in [-0.25, -0.2) is 9.69 Å². The van der Waals surface area contributed by atoms with Crippen LogP contribution in [0, 0.1) is 24.5 Å². The van der Waals surface area contributed by atoms with Crippen molar-refractivity contribution < 1.29 is 0 Å². The van der Waals surface area contributed by atoms with Crippen LogP contribution in [-0.4, -0.2) is 12.6 Å². The Morgan fingerprint density at radius 3 is 1.68 bits per heavy atom. The molecule has 232 valence electrons. The maximum Gasteiger partial charge on any atom is 0.211 e. The van der Waals surface area contributed by atoms with Crippen LogP contribution in [0.15, 0.2) is 170 Å². The first-order valence-electron chi connectivity index (χ1n) is 16.3. The Balaban J connectivity index is 1.39. The number of benzene rings is 7.